The standard InChI is InChI=1S/C23H23ClN2O3S/c1-17(19-6-4-3-5-7-19)25-23(27)20-10-8-18(9-11-20)16-26(2)30(28,29)22-14-12-21(24)13-15-22/h3-15,17H,16H2,1-2H3,(H,25,27)/t17-/m0/s1. The number of carbonyl (C=O) groups is 1. The molecular weight excluding hydrogens is 420 g/mol. The third kappa shape index (κ3) is 5.27. The van der Waals surface area contributed by atoms with E-state index in [1.807, 2.05) is 37.3 Å². The van der Waals surface area contributed by atoms with Crippen LogP contribution in [-0.4, -0.2) is 25.7 Å². The maximum atomic E-state index is 12.7. The quantitative estimate of drug-likeness (QED) is 0.579. The van der Waals surface area contributed by atoms with Gasteiger partial charge in [0.1, 0.15) is 0 Å². The van der Waals surface area contributed by atoms with E-state index in [1.54, 1.807) is 36.4 Å². The largest absolute Gasteiger partial charge is 0.346 e. The van der Waals surface area contributed by atoms with Crippen LogP contribution in [0.4, 0.5) is 0 Å². The van der Waals surface area contributed by atoms with Crippen molar-refractivity contribution in [2.75, 3.05) is 7.05 Å². The number of nitrogens with one attached hydrogen (secondary N) is 1. The van der Waals surface area contributed by atoms with Gasteiger partial charge in [0.05, 0.1) is 10.9 Å². The van der Waals surface area contributed by atoms with Crippen molar-refractivity contribution in [3.8, 4) is 0 Å². The molecule has 0 fully saturated rings. The Bertz CT molecular complexity index is 1100. The first kappa shape index (κ1) is 22.0. The van der Waals surface area contributed by atoms with E-state index in [-0.39, 0.29) is 23.4 Å². The fourth-order valence-electron chi connectivity index (χ4n) is 3.00. The van der Waals surface area contributed by atoms with E-state index in [2.05, 4.69) is 5.32 Å². The highest BCUT2D eigenvalue weighted by atomic mass is 35.5. The first-order valence-electron chi connectivity index (χ1n) is 9.44. The van der Waals surface area contributed by atoms with E-state index in [0.717, 1.165) is 11.1 Å². The van der Waals surface area contributed by atoms with Gasteiger partial charge in [-0.15, -0.1) is 0 Å². The summed E-state index contributed by atoms with van der Waals surface area (Å²) in [4.78, 5) is 12.7. The zero-order valence-corrected chi connectivity index (χ0v) is 18.3. The Balaban J connectivity index is 1.65. The zero-order valence-electron chi connectivity index (χ0n) is 16.7. The predicted octanol–water partition coefficient (Wildman–Crippen LogP) is 4.65. The lowest BCUT2D eigenvalue weighted by molar-refractivity contribution is 0.0940. The van der Waals surface area contributed by atoms with Crippen molar-refractivity contribution in [1.29, 1.82) is 0 Å². The first-order chi connectivity index (χ1) is 14.3. The average Bonchev–Trinajstić information content (AvgIpc) is 2.75. The molecule has 3 aromatic rings. The van der Waals surface area contributed by atoms with E-state index >= 15 is 0 Å². The maximum Gasteiger partial charge on any atom is 0.251 e. The molecule has 7 heteroatoms. The molecule has 156 valence electrons. The Morgan fingerprint density at radius 3 is 2.17 bits per heavy atom. The van der Waals surface area contributed by atoms with Crippen molar-refractivity contribution in [1.82, 2.24) is 9.62 Å². The Morgan fingerprint density at radius 2 is 1.57 bits per heavy atom. The summed E-state index contributed by atoms with van der Waals surface area (Å²) in [6.45, 7) is 2.12. The second kappa shape index (κ2) is 9.43. The van der Waals surface area contributed by atoms with Crippen molar-refractivity contribution in [2.45, 2.75) is 24.4 Å². The number of nitrogens with zero attached hydrogens (tertiary/aromatic N) is 1. The molecule has 0 aliphatic heterocycles. The van der Waals surface area contributed by atoms with Gasteiger partial charge in [-0.25, -0.2) is 8.42 Å². The number of sulfonamides is 1. The van der Waals surface area contributed by atoms with Crippen LogP contribution < -0.4 is 5.32 Å². The lowest BCUT2D eigenvalue weighted by atomic mass is 10.1. The van der Waals surface area contributed by atoms with Gasteiger partial charge in [-0.3, -0.25) is 4.79 Å². The topological polar surface area (TPSA) is 66.5 Å². The summed E-state index contributed by atoms with van der Waals surface area (Å²) in [6, 6.07) is 22.6. The van der Waals surface area contributed by atoms with Crippen LogP contribution in [0.15, 0.2) is 83.8 Å². The SMILES string of the molecule is C[C@H](NC(=O)c1ccc(CN(C)S(=O)(=O)c2ccc(Cl)cc2)cc1)c1ccccc1. The number of benzene rings is 3. The monoisotopic (exact) mass is 442 g/mol. The minimum Gasteiger partial charge on any atom is -0.346 e. The normalized spacial score (nSPS) is 12.5. The molecule has 1 amide bonds. The fraction of sp³-hybridized carbons (Fsp3) is 0.174. The Morgan fingerprint density at radius 1 is 0.967 bits per heavy atom. The number of carbonyl (C=O) groups excluding carboxylic acids is 1. The lowest BCUT2D eigenvalue weighted by Crippen LogP contribution is -2.27. The molecule has 1 atom stereocenters. The van der Waals surface area contributed by atoms with Gasteiger partial charge >= 0.3 is 0 Å². The number of hydrogen-bond donors (Lipinski definition) is 1. The minimum atomic E-state index is -3.63. The summed E-state index contributed by atoms with van der Waals surface area (Å²) in [5.74, 6) is -0.181. The van der Waals surface area contributed by atoms with Gasteiger partial charge in [0.15, 0.2) is 0 Å². The summed E-state index contributed by atoms with van der Waals surface area (Å²) in [7, 11) is -2.11. The number of hydrogen-bond acceptors (Lipinski definition) is 3. The molecule has 0 heterocycles. The van der Waals surface area contributed by atoms with Gasteiger partial charge in [-0.1, -0.05) is 54.1 Å². The summed E-state index contributed by atoms with van der Waals surface area (Å²) in [5.41, 5.74) is 2.32. The van der Waals surface area contributed by atoms with E-state index in [1.165, 1.54) is 23.5 Å². The van der Waals surface area contributed by atoms with Crippen LogP contribution in [0, 0.1) is 0 Å². The van der Waals surface area contributed by atoms with Gasteiger partial charge in [0, 0.05) is 24.2 Å². The van der Waals surface area contributed by atoms with E-state index in [9.17, 15) is 13.2 Å². The molecule has 3 aromatic carbocycles. The van der Waals surface area contributed by atoms with Crippen LogP contribution in [0.25, 0.3) is 0 Å². The Labute approximate surface area is 182 Å². The molecule has 30 heavy (non-hydrogen) atoms. The number of amides is 1. The molecule has 0 spiro atoms. The highest BCUT2D eigenvalue weighted by molar-refractivity contribution is 7.89. The van der Waals surface area contributed by atoms with Crippen molar-refractivity contribution in [3.63, 3.8) is 0 Å². The van der Waals surface area contributed by atoms with E-state index in [0.29, 0.717) is 10.6 Å². The van der Waals surface area contributed by atoms with Crippen LogP contribution in [0.3, 0.4) is 0 Å². The van der Waals surface area contributed by atoms with Crippen LogP contribution in [-0.2, 0) is 16.6 Å². The Kier molecular flexibility index (Phi) is 6.92. The molecule has 3 rings (SSSR count). The summed E-state index contributed by atoms with van der Waals surface area (Å²) >= 11 is 5.84. The van der Waals surface area contributed by atoms with Crippen molar-refractivity contribution in [2.24, 2.45) is 0 Å². The van der Waals surface area contributed by atoms with Gasteiger partial charge in [0.25, 0.3) is 5.91 Å². The van der Waals surface area contributed by atoms with Crippen LogP contribution >= 0.6 is 11.6 Å². The molecule has 0 radical (unpaired) electrons. The molecule has 0 saturated heterocycles. The molecule has 0 unspecified atom stereocenters. The van der Waals surface area contributed by atoms with Crippen LogP contribution in [0.2, 0.25) is 5.02 Å². The average molecular weight is 443 g/mol. The first-order valence-corrected chi connectivity index (χ1v) is 11.3. The third-order valence-corrected chi connectivity index (χ3v) is 6.86. The zero-order chi connectivity index (χ0) is 21.7. The molecule has 5 nitrogen and oxygen atoms in total. The lowest BCUT2D eigenvalue weighted by Gasteiger charge is -2.18. The second-order valence-electron chi connectivity index (χ2n) is 7.02. The Hall–Kier alpha value is -2.67. The maximum absolute atomic E-state index is 12.7. The van der Waals surface area contributed by atoms with Gasteiger partial charge in [-0.05, 0) is 54.4 Å². The van der Waals surface area contributed by atoms with Gasteiger partial charge in [-0.2, -0.15) is 4.31 Å². The molecule has 0 aliphatic rings. The molecule has 1 N–H and O–H groups in total. The minimum absolute atomic E-state index is 0.117. The van der Waals surface area contributed by atoms with Crippen molar-refractivity contribution >= 4 is 27.5 Å². The third-order valence-electron chi connectivity index (χ3n) is 4.79. The van der Waals surface area contributed by atoms with Crippen LogP contribution in [0.5, 0.6) is 0 Å². The predicted molar refractivity (Wildman–Crippen MR) is 119 cm³/mol. The van der Waals surface area contributed by atoms with Crippen molar-refractivity contribution < 1.29 is 13.2 Å². The number of halogens is 1. The molecule has 0 aromatic heterocycles. The van der Waals surface area contributed by atoms with E-state index in [4.69, 9.17) is 11.6 Å². The fourth-order valence-corrected chi connectivity index (χ4v) is 4.28. The summed E-state index contributed by atoms with van der Waals surface area (Å²) in [5, 5.41) is 3.45. The van der Waals surface area contributed by atoms with Crippen LogP contribution in [0.1, 0.15) is 34.5 Å². The molecular formula is C23H23ClN2O3S. The number of rotatable bonds is 7. The highest BCUT2D eigenvalue weighted by Gasteiger charge is 2.21. The summed E-state index contributed by atoms with van der Waals surface area (Å²) in [6.07, 6.45) is 0. The second-order valence-corrected chi connectivity index (χ2v) is 9.50. The molecule has 0 aliphatic carbocycles. The van der Waals surface area contributed by atoms with E-state index < -0.39 is 10.0 Å². The van der Waals surface area contributed by atoms with Gasteiger partial charge in [0.2, 0.25) is 10.0 Å². The molecule has 0 bridgehead atoms. The van der Waals surface area contributed by atoms with Gasteiger partial charge < -0.3 is 5.32 Å². The van der Waals surface area contributed by atoms with Crippen molar-refractivity contribution in [3.05, 3.63) is 101 Å². The molecule has 0 saturated carbocycles. The smallest absolute Gasteiger partial charge is 0.251 e. The highest BCUT2D eigenvalue weighted by Crippen LogP contribution is 2.19. The summed E-state index contributed by atoms with van der Waals surface area (Å²) < 4.78 is 26.7.